The second-order valence-electron chi connectivity index (χ2n) is 5.50. The molecule has 1 fully saturated rings. The zero-order valence-corrected chi connectivity index (χ0v) is 13.6. The molecule has 0 saturated carbocycles. The number of carboxylic acids is 1. The van der Waals surface area contributed by atoms with E-state index in [1.54, 1.807) is 13.1 Å². The largest absolute Gasteiger partial charge is 0.497 e. The number of hydrogen-bond acceptors (Lipinski definition) is 5. The maximum Gasteiger partial charge on any atom is 0.336 e. The van der Waals surface area contributed by atoms with Gasteiger partial charge in [-0.05, 0) is 19.0 Å². The highest BCUT2D eigenvalue weighted by molar-refractivity contribution is 5.91. The van der Waals surface area contributed by atoms with Crippen LogP contribution in [0.4, 0.5) is 0 Å². The van der Waals surface area contributed by atoms with Crippen molar-refractivity contribution in [2.24, 2.45) is 5.92 Å². The predicted molar refractivity (Wildman–Crippen MR) is 84.0 cm³/mol. The van der Waals surface area contributed by atoms with E-state index < -0.39 is 5.97 Å². The van der Waals surface area contributed by atoms with E-state index in [9.17, 15) is 14.7 Å². The van der Waals surface area contributed by atoms with Gasteiger partial charge in [-0.2, -0.15) is 0 Å². The third-order valence-corrected chi connectivity index (χ3v) is 4.14. The Kier molecular flexibility index (Phi) is 5.44. The molecule has 2 N–H and O–H groups in total. The normalized spacial score (nSPS) is 17.8. The molecule has 0 aromatic heterocycles. The molecule has 1 amide bonds. The highest BCUT2D eigenvalue weighted by Crippen LogP contribution is 2.31. The minimum atomic E-state index is -1.03. The molecule has 2 rings (SSSR count). The van der Waals surface area contributed by atoms with E-state index in [1.807, 2.05) is 0 Å². The van der Waals surface area contributed by atoms with E-state index >= 15 is 0 Å². The molecule has 1 aromatic carbocycles. The monoisotopic (exact) mass is 322 g/mol. The van der Waals surface area contributed by atoms with Crippen molar-refractivity contribution in [2.75, 3.05) is 34.4 Å². The number of nitrogens with zero attached hydrogens (tertiary/aromatic N) is 1. The van der Waals surface area contributed by atoms with Crippen LogP contribution in [-0.4, -0.2) is 56.2 Å². The zero-order valence-electron chi connectivity index (χ0n) is 13.6. The Morgan fingerprint density at radius 3 is 2.65 bits per heavy atom. The molecule has 1 atom stereocenters. The summed E-state index contributed by atoms with van der Waals surface area (Å²) in [6, 6.07) is 3.17. The van der Waals surface area contributed by atoms with Crippen LogP contribution in [0, 0.1) is 5.92 Å². The Morgan fingerprint density at radius 1 is 1.35 bits per heavy atom. The molecule has 1 aromatic rings. The third-order valence-electron chi connectivity index (χ3n) is 4.14. The van der Waals surface area contributed by atoms with Crippen molar-refractivity contribution in [1.29, 1.82) is 0 Å². The summed E-state index contributed by atoms with van der Waals surface area (Å²) in [5.74, 6) is -0.151. The Hall–Kier alpha value is -2.28. The van der Waals surface area contributed by atoms with Crippen molar-refractivity contribution in [3.05, 3.63) is 23.3 Å². The first-order valence-corrected chi connectivity index (χ1v) is 7.42. The topological polar surface area (TPSA) is 88.1 Å². The maximum absolute atomic E-state index is 11.7. The summed E-state index contributed by atoms with van der Waals surface area (Å²) < 4.78 is 10.5. The van der Waals surface area contributed by atoms with Crippen LogP contribution in [0.2, 0.25) is 0 Å². The van der Waals surface area contributed by atoms with Crippen molar-refractivity contribution < 1.29 is 24.2 Å². The summed E-state index contributed by atoms with van der Waals surface area (Å²) >= 11 is 0. The predicted octanol–water partition coefficient (Wildman–Crippen LogP) is 0.970. The number of amides is 1. The van der Waals surface area contributed by atoms with Gasteiger partial charge in [-0.25, -0.2) is 4.79 Å². The summed E-state index contributed by atoms with van der Waals surface area (Å²) in [5.41, 5.74) is 0.753. The van der Waals surface area contributed by atoms with Gasteiger partial charge >= 0.3 is 5.97 Å². The van der Waals surface area contributed by atoms with E-state index in [-0.39, 0.29) is 17.4 Å². The molecule has 23 heavy (non-hydrogen) atoms. The molecule has 1 heterocycles. The van der Waals surface area contributed by atoms with E-state index in [0.717, 1.165) is 13.0 Å². The van der Waals surface area contributed by atoms with Crippen LogP contribution >= 0.6 is 0 Å². The van der Waals surface area contributed by atoms with Crippen LogP contribution in [0.3, 0.4) is 0 Å². The number of methoxy groups -OCH3 is 2. The van der Waals surface area contributed by atoms with Gasteiger partial charge < -0.3 is 19.9 Å². The lowest BCUT2D eigenvalue weighted by Gasteiger charge is -2.20. The highest BCUT2D eigenvalue weighted by Gasteiger charge is 2.29. The van der Waals surface area contributed by atoms with Crippen LogP contribution in [0.1, 0.15) is 22.3 Å². The third kappa shape index (κ3) is 3.73. The van der Waals surface area contributed by atoms with E-state index in [0.29, 0.717) is 30.2 Å². The van der Waals surface area contributed by atoms with Crippen LogP contribution in [0.15, 0.2) is 12.1 Å². The first kappa shape index (κ1) is 17.1. The van der Waals surface area contributed by atoms with Crippen molar-refractivity contribution in [1.82, 2.24) is 10.2 Å². The molecule has 1 aliphatic heterocycles. The van der Waals surface area contributed by atoms with Gasteiger partial charge in [0.25, 0.3) is 0 Å². The number of carboxylic acid groups (broad SMARTS) is 1. The molecule has 126 valence electrons. The molecule has 0 radical (unpaired) electrons. The van der Waals surface area contributed by atoms with Crippen molar-refractivity contribution in [3.63, 3.8) is 0 Å². The average Bonchev–Trinajstić information content (AvgIpc) is 3.02. The summed E-state index contributed by atoms with van der Waals surface area (Å²) in [5, 5.41) is 12.1. The van der Waals surface area contributed by atoms with Gasteiger partial charge in [0, 0.05) is 31.8 Å². The van der Waals surface area contributed by atoms with Crippen LogP contribution in [0.25, 0.3) is 0 Å². The first-order valence-electron chi connectivity index (χ1n) is 7.42. The molecule has 1 saturated heterocycles. The number of rotatable bonds is 6. The first-order chi connectivity index (χ1) is 11.0. The molecular weight excluding hydrogens is 300 g/mol. The van der Waals surface area contributed by atoms with Crippen LogP contribution in [-0.2, 0) is 11.3 Å². The molecule has 1 aliphatic rings. The Morgan fingerprint density at radius 2 is 2.09 bits per heavy atom. The summed E-state index contributed by atoms with van der Waals surface area (Å²) in [6.07, 6.45) is 0.764. The molecule has 0 bridgehead atoms. The van der Waals surface area contributed by atoms with E-state index in [4.69, 9.17) is 9.47 Å². The van der Waals surface area contributed by atoms with Gasteiger partial charge in [0.2, 0.25) is 5.91 Å². The highest BCUT2D eigenvalue weighted by atomic mass is 16.5. The van der Waals surface area contributed by atoms with E-state index in [1.165, 1.54) is 20.3 Å². The summed E-state index contributed by atoms with van der Waals surface area (Å²) in [7, 11) is 4.61. The number of ether oxygens (including phenoxy) is 2. The van der Waals surface area contributed by atoms with Crippen molar-refractivity contribution in [2.45, 2.75) is 13.0 Å². The molecule has 0 aliphatic carbocycles. The quantitative estimate of drug-likeness (QED) is 0.811. The minimum Gasteiger partial charge on any atom is -0.497 e. The standard InChI is InChI=1S/C16H22N2O5/c1-17-15(19)10-4-5-18(8-10)9-13-12(16(20)21)6-11(22-2)7-14(13)23-3/h6-7,10H,4-5,8-9H2,1-3H3,(H,17,19)(H,20,21)/t10-/m0/s1. The van der Waals surface area contributed by atoms with Crippen molar-refractivity contribution >= 4 is 11.9 Å². The molecular formula is C16H22N2O5. The van der Waals surface area contributed by atoms with Gasteiger partial charge in [0.1, 0.15) is 11.5 Å². The van der Waals surface area contributed by atoms with Crippen LogP contribution in [0.5, 0.6) is 11.5 Å². The summed E-state index contributed by atoms with van der Waals surface area (Å²) in [4.78, 5) is 25.3. The molecule has 7 heteroatoms. The van der Waals surface area contributed by atoms with Crippen molar-refractivity contribution in [3.8, 4) is 11.5 Å². The lowest BCUT2D eigenvalue weighted by atomic mass is 10.0. The molecule has 0 spiro atoms. The lowest BCUT2D eigenvalue weighted by molar-refractivity contribution is -0.124. The van der Waals surface area contributed by atoms with Gasteiger partial charge in [-0.15, -0.1) is 0 Å². The number of aromatic carboxylic acids is 1. The van der Waals surface area contributed by atoms with Gasteiger partial charge in [0.15, 0.2) is 0 Å². The number of carbonyl (C=O) groups excluding carboxylic acids is 1. The number of nitrogens with one attached hydrogen (secondary N) is 1. The Labute approximate surface area is 135 Å². The smallest absolute Gasteiger partial charge is 0.336 e. The fourth-order valence-electron chi connectivity index (χ4n) is 2.89. The van der Waals surface area contributed by atoms with E-state index in [2.05, 4.69) is 10.2 Å². The number of carbonyl (C=O) groups is 2. The van der Waals surface area contributed by atoms with Gasteiger partial charge in [0.05, 0.1) is 25.7 Å². The SMILES string of the molecule is CNC(=O)[C@H]1CCN(Cc2c(OC)cc(OC)cc2C(=O)O)C1. The number of likely N-dealkylation sites (tertiary alicyclic amines) is 1. The lowest BCUT2D eigenvalue weighted by Crippen LogP contribution is -2.30. The fourth-order valence-corrected chi connectivity index (χ4v) is 2.89. The maximum atomic E-state index is 11.7. The van der Waals surface area contributed by atoms with Gasteiger partial charge in [-0.1, -0.05) is 0 Å². The second-order valence-corrected chi connectivity index (χ2v) is 5.50. The summed E-state index contributed by atoms with van der Waals surface area (Å²) in [6.45, 7) is 1.77. The number of benzene rings is 1. The zero-order chi connectivity index (χ0) is 17.0. The number of hydrogen-bond donors (Lipinski definition) is 2. The molecule has 7 nitrogen and oxygen atoms in total. The Balaban J connectivity index is 2.25. The van der Waals surface area contributed by atoms with Crippen LogP contribution < -0.4 is 14.8 Å². The van der Waals surface area contributed by atoms with Gasteiger partial charge in [-0.3, -0.25) is 9.69 Å². The average molecular weight is 322 g/mol. The fraction of sp³-hybridized carbons (Fsp3) is 0.500. The Bertz CT molecular complexity index is 602. The molecule has 0 unspecified atom stereocenters. The second kappa shape index (κ2) is 7.32. The minimum absolute atomic E-state index is 0.0210.